The highest BCUT2D eigenvalue weighted by Gasteiger charge is 2.08. The van der Waals surface area contributed by atoms with E-state index in [9.17, 15) is 9.18 Å². The van der Waals surface area contributed by atoms with Crippen LogP contribution in [0, 0.1) is 5.82 Å². The van der Waals surface area contributed by atoms with Gasteiger partial charge in [-0.05, 0) is 18.2 Å². The second kappa shape index (κ2) is 3.21. The second-order valence-corrected chi connectivity index (χ2v) is 2.01. The van der Waals surface area contributed by atoms with Gasteiger partial charge >= 0.3 is 0 Å². The molecule has 0 saturated heterocycles. The van der Waals surface area contributed by atoms with Crippen LogP contribution in [0.3, 0.4) is 0 Å². The van der Waals surface area contributed by atoms with E-state index in [2.05, 4.69) is 0 Å². The summed E-state index contributed by atoms with van der Waals surface area (Å²) in [7, 11) is 0. The van der Waals surface area contributed by atoms with Crippen LogP contribution in [0.15, 0.2) is 18.2 Å². The molecule has 1 rings (SSSR count). The maximum atomic E-state index is 13.5. The third-order valence-electron chi connectivity index (χ3n) is 1.21. The molecule has 1 aromatic carbocycles. The standard InChI is InChI=1S/C8H9FN2O/c1-11-8(12)6-3-2-5(10)4-7(6)9/h2-4H,10H2,1H3,(H,11,12)/i1D3,2D,4D. The molecule has 0 bridgehead atoms. The van der Waals surface area contributed by atoms with Crippen LogP contribution in [0.2, 0.25) is 0 Å². The van der Waals surface area contributed by atoms with Crippen molar-refractivity contribution >= 4 is 11.6 Å². The van der Waals surface area contributed by atoms with E-state index in [0.29, 0.717) is 0 Å². The molecule has 0 aliphatic rings. The molecule has 0 heterocycles. The lowest BCUT2D eigenvalue weighted by molar-refractivity contribution is 0.0959. The molecule has 0 saturated carbocycles. The fraction of sp³-hybridized carbons (Fsp3) is 0.125. The van der Waals surface area contributed by atoms with E-state index in [-0.39, 0.29) is 0 Å². The van der Waals surface area contributed by atoms with E-state index in [1.807, 2.05) is 0 Å². The summed E-state index contributed by atoms with van der Waals surface area (Å²) < 4.78 is 48.3. The number of nitrogens with two attached hydrogens (primary N) is 1. The van der Waals surface area contributed by atoms with Gasteiger partial charge < -0.3 is 11.1 Å². The van der Waals surface area contributed by atoms with Gasteiger partial charge in [0.25, 0.3) is 5.91 Å². The maximum absolute atomic E-state index is 13.5. The van der Waals surface area contributed by atoms with Gasteiger partial charge in [0.15, 0.2) is 0 Å². The topological polar surface area (TPSA) is 55.1 Å². The van der Waals surface area contributed by atoms with Gasteiger partial charge in [0.05, 0.1) is 8.30 Å². The van der Waals surface area contributed by atoms with Crippen molar-refractivity contribution in [1.82, 2.24) is 5.32 Å². The van der Waals surface area contributed by atoms with Gasteiger partial charge in [-0.2, -0.15) is 0 Å². The zero-order valence-corrected chi connectivity index (χ0v) is 5.94. The van der Waals surface area contributed by atoms with Gasteiger partial charge in [-0.3, -0.25) is 4.79 Å². The molecular formula is C8H9FN2O. The summed E-state index contributed by atoms with van der Waals surface area (Å²) in [6.07, 6.45) is 0. The molecule has 0 spiro atoms. The molecule has 0 aliphatic carbocycles. The number of hydrogen-bond donors (Lipinski definition) is 2. The van der Waals surface area contributed by atoms with Gasteiger partial charge in [0.2, 0.25) is 0 Å². The Morgan fingerprint density at radius 2 is 2.67 bits per heavy atom. The number of halogens is 1. The van der Waals surface area contributed by atoms with Crippen LogP contribution in [-0.2, 0) is 0 Å². The zero-order chi connectivity index (χ0) is 13.4. The summed E-state index contributed by atoms with van der Waals surface area (Å²) in [5.41, 5.74) is 4.12. The minimum absolute atomic E-state index is 0.409. The normalized spacial score (nSPS) is 16.6. The average molecular weight is 173 g/mol. The summed E-state index contributed by atoms with van der Waals surface area (Å²) in [5.74, 6) is -2.47. The van der Waals surface area contributed by atoms with Crippen LogP contribution < -0.4 is 11.1 Å². The Balaban J connectivity index is 3.20. The van der Waals surface area contributed by atoms with E-state index in [4.69, 9.17) is 12.6 Å². The summed E-state index contributed by atoms with van der Waals surface area (Å²) in [5, 5.41) is 1.56. The van der Waals surface area contributed by atoms with Crippen molar-refractivity contribution in [2.24, 2.45) is 0 Å². The van der Waals surface area contributed by atoms with Crippen LogP contribution in [0.25, 0.3) is 0 Å². The van der Waals surface area contributed by atoms with Crippen LogP contribution >= 0.6 is 0 Å². The molecule has 0 atom stereocenters. The first-order valence-electron chi connectivity index (χ1n) is 5.51. The van der Waals surface area contributed by atoms with Crippen molar-refractivity contribution in [1.29, 1.82) is 0 Å². The van der Waals surface area contributed by atoms with Gasteiger partial charge in [-0.25, -0.2) is 4.39 Å². The number of nitrogens with one attached hydrogen (secondary N) is 1. The molecule has 0 aromatic heterocycles. The van der Waals surface area contributed by atoms with Crippen molar-refractivity contribution in [2.45, 2.75) is 0 Å². The molecular weight excluding hydrogens is 159 g/mol. The predicted octanol–water partition coefficient (Wildman–Crippen LogP) is 0.768. The summed E-state index contributed by atoms with van der Waals surface area (Å²) in [4.78, 5) is 11.4. The first kappa shape index (κ1) is 3.89. The molecule has 4 heteroatoms. The highest BCUT2D eigenvalue weighted by molar-refractivity contribution is 5.94. The average Bonchev–Trinajstić information content (AvgIpc) is 2.17. The fourth-order valence-electron chi connectivity index (χ4n) is 0.667. The highest BCUT2D eigenvalue weighted by atomic mass is 19.1. The van der Waals surface area contributed by atoms with Gasteiger partial charge in [-0.1, -0.05) is 0 Å². The molecule has 3 nitrogen and oxygen atoms in total. The van der Waals surface area contributed by atoms with E-state index in [0.717, 1.165) is 6.07 Å². The van der Waals surface area contributed by atoms with Crippen LogP contribution in [0.5, 0.6) is 0 Å². The minimum Gasteiger partial charge on any atom is -0.399 e. The molecule has 12 heavy (non-hydrogen) atoms. The molecule has 1 amide bonds. The number of amides is 1. The van der Waals surface area contributed by atoms with E-state index in [1.165, 1.54) is 0 Å². The van der Waals surface area contributed by atoms with Gasteiger partial charge in [-0.15, -0.1) is 0 Å². The van der Waals surface area contributed by atoms with Crippen molar-refractivity contribution in [3.05, 3.63) is 29.5 Å². The number of benzene rings is 1. The first-order valence-corrected chi connectivity index (χ1v) is 3.01. The lowest BCUT2D eigenvalue weighted by Gasteiger charge is -2.01. The maximum Gasteiger partial charge on any atom is 0.253 e. The van der Waals surface area contributed by atoms with Gasteiger partial charge in [0, 0.05) is 16.8 Å². The van der Waals surface area contributed by atoms with E-state index >= 15 is 0 Å². The number of rotatable bonds is 1. The van der Waals surface area contributed by atoms with Crippen LogP contribution in [0.4, 0.5) is 10.1 Å². The molecule has 0 fully saturated rings. The number of carbonyl (C=O) groups is 1. The molecule has 3 N–H and O–H groups in total. The minimum atomic E-state index is -2.77. The van der Waals surface area contributed by atoms with Gasteiger partial charge in [0.1, 0.15) is 5.82 Å². The Kier molecular flexibility index (Phi) is 1.04. The second-order valence-electron chi connectivity index (χ2n) is 2.01. The van der Waals surface area contributed by atoms with Crippen molar-refractivity contribution < 1.29 is 16.0 Å². The Bertz CT molecular complexity index is 474. The first-order chi connectivity index (χ1) is 7.63. The number of hydrogen-bond acceptors (Lipinski definition) is 2. The number of anilines is 1. The largest absolute Gasteiger partial charge is 0.399 e. The third-order valence-corrected chi connectivity index (χ3v) is 1.21. The van der Waals surface area contributed by atoms with Crippen molar-refractivity contribution in [3.63, 3.8) is 0 Å². The monoisotopic (exact) mass is 173 g/mol. The lowest BCUT2D eigenvalue weighted by Crippen LogP contribution is -2.19. The lowest BCUT2D eigenvalue weighted by atomic mass is 10.2. The smallest absolute Gasteiger partial charge is 0.253 e. The summed E-state index contributed by atoms with van der Waals surface area (Å²) in [6, 6.07) is -0.427. The van der Waals surface area contributed by atoms with Crippen molar-refractivity contribution in [2.75, 3.05) is 12.7 Å². The SMILES string of the molecule is [2H]c1cc(C(=O)NC([2H])([2H])[2H])c(F)c([2H])c1N. The molecule has 0 aliphatic heterocycles. The number of carbonyl (C=O) groups excluding carboxylic acids is 1. The Hall–Kier alpha value is -1.58. The third kappa shape index (κ3) is 1.53. The van der Waals surface area contributed by atoms with E-state index in [1.54, 1.807) is 5.32 Å². The Morgan fingerprint density at radius 1 is 1.92 bits per heavy atom. The fourth-order valence-corrected chi connectivity index (χ4v) is 0.667. The summed E-state index contributed by atoms with van der Waals surface area (Å²) >= 11 is 0. The highest BCUT2D eigenvalue weighted by Crippen LogP contribution is 2.11. The van der Waals surface area contributed by atoms with Crippen LogP contribution in [-0.4, -0.2) is 12.9 Å². The molecule has 0 radical (unpaired) electrons. The number of nitrogen functional groups attached to an aromatic ring is 1. The Morgan fingerprint density at radius 3 is 3.33 bits per heavy atom. The predicted molar refractivity (Wildman–Crippen MR) is 44.2 cm³/mol. The zero-order valence-electron chi connectivity index (χ0n) is 10.9. The molecule has 0 unspecified atom stereocenters. The van der Waals surface area contributed by atoms with E-state index < -0.39 is 42.0 Å². The Labute approximate surface area is 76.4 Å². The summed E-state index contributed by atoms with van der Waals surface area (Å²) in [6.45, 7) is -2.77. The molecule has 64 valence electrons. The molecule has 1 aromatic rings. The van der Waals surface area contributed by atoms with Crippen LogP contribution in [0.1, 0.15) is 17.2 Å². The quantitative estimate of drug-likeness (QED) is 0.616. The van der Waals surface area contributed by atoms with Crippen molar-refractivity contribution in [3.8, 4) is 0 Å².